The van der Waals surface area contributed by atoms with Gasteiger partial charge in [-0.1, -0.05) is 37.2 Å². The number of likely N-dealkylation sites (tertiary alicyclic amines) is 1. The molecule has 1 rings (SSSR count). The van der Waals surface area contributed by atoms with E-state index in [0.717, 1.165) is 12.8 Å². The molecule has 0 aliphatic carbocycles. The van der Waals surface area contributed by atoms with Crippen molar-refractivity contribution in [2.75, 3.05) is 13.1 Å². The van der Waals surface area contributed by atoms with Crippen molar-refractivity contribution < 1.29 is 9.53 Å². The first-order valence-corrected chi connectivity index (χ1v) is 6.01. The molecule has 0 unspecified atom stereocenters. The lowest BCUT2D eigenvalue weighted by Crippen LogP contribution is -2.37. The van der Waals surface area contributed by atoms with Gasteiger partial charge in [-0.2, -0.15) is 0 Å². The molecule has 1 aliphatic rings. The second kappa shape index (κ2) is 7.59. The zero-order chi connectivity index (χ0) is 13.4. The average molecular weight is 243 g/mol. The Labute approximate surface area is 110 Å². The first kappa shape index (κ1) is 14.4. The molecular weight excluding hydrogens is 225 g/mol. The lowest BCUT2D eigenvalue weighted by Gasteiger charge is -2.29. The second-order valence-electron chi connectivity index (χ2n) is 4.09. The highest BCUT2D eigenvalue weighted by Gasteiger charge is 2.21. The van der Waals surface area contributed by atoms with Gasteiger partial charge in [-0.15, -0.1) is 0 Å². The number of carbonyl (C=O) groups is 1. The summed E-state index contributed by atoms with van der Waals surface area (Å²) in [5, 5.41) is 0. The zero-order valence-corrected chi connectivity index (χ0v) is 10.5. The van der Waals surface area contributed by atoms with E-state index in [1.807, 2.05) is 0 Å². The van der Waals surface area contributed by atoms with Crippen LogP contribution in [0.3, 0.4) is 0 Å². The minimum absolute atomic E-state index is 0.192. The van der Waals surface area contributed by atoms with Crippen LogP contribution in [0, 0.1) is 0 Å². The van der Waals surface area contributed by atoms with Crippen LogP contribution in [0.25, 0.3) is 0 Å². The van der Waals surface area contributed by atoms with Crippen LogP contribution in [0.2, 0.25) is 5.82 Å². The quantitative estimate of drug-likeness (QED) is 0.431. The monoisotopic (exact) mass is 243 g/mol. The number of nitrogens with zero attached hydrogens (tertiary/aromatic N) is 1. The first-order chi connectivity index (χ1) is 8.67. The van der Waals surface area contributed by atoms with Gasteiger partial charge in [0.15, 0.2) is 0 Å². The van der Waals surface area contributed by atoms with Crippen LogP contribution in [0.4, 0.5) is 4.79 Å². The molecule has 0 aromatic heterocycles. The van der Waals surface area contributed by atoms with Crippen molar-refractivity contribution in [3.05, 3.63) is 49.3 Å². The van der Waals surface area contributed by atoms with E-state index in [2.05, 4.69) is 13.2 Å². The van der Waals surface area contributed by atoms with Crippen LogP contribution in [-0.4, -0.2) is 31.9 Å². The molecule has 4 heteroatoms. The number of hydrogen-bond donors (Lipinski definition) is 0. The molecule has 0 atom stereocenters. The molecule has 0 aromatic carbocycles. The van der Waals surface area contributed by atoms with Crippen molar-refractivity contribution in [2.45, 2.75) is 18.7 Å². The van der Waals surface area contributed by atoms with Crippen LogP contribution in [0.15, 0.2) is 49.3 Å². The van der Waals surface area contributed by atoms with Gasteiger partial charge in [0, 0.05) is 13.1 Å². The summed E-state index contributed by atoms with van der Waals surface area (Å²) >= 11 is 0. The van der Waals surface area contributed by atoms with Gasteiger partial charge in [-0.05, 0) is 25.0 Å². The topological polar surface area (TPSA) is 29.5 Å². The van der Waals surface area contributed by atoms with Crippen molar-refractivity contribution in [3.8, 4) is 0 Å². The zero-order valence-electron chi connectivity index (χ0n) is 10.5. The van der Waals surface area contributed by atoms with E-state index in [9.17, 15) is 4.79 Å². The standard InChI is InChI=1S/C14H18BNO2/c1-3-5-7-13(6-4-2)18-14(17)16-10-8-12(15)9-11-16/h3-7,12H,1-2,8-11H2/b7-5-,13-6+. The molecule has 1 fully saturated rings. The van der Waals surface area contributed by atoms with Crippen molar-refractivity contribution in [1.82, 2.24) is 4.90 Å². The van der Waals surface area contributed by atoms with E-state index in [0.29, 0.717) is 18.8 Å². The van der Waals surface area contributed by atoms with E-state index in [4.69, 9.17) is 12.6 Å². The van der Waals surface area contributed by atoms with Gasteiger partial charge in [-0.3, -0.25) is 0 Å². The molecule has 94 valence electrons. The molecule has 2 radical (unpaired) electrons. The predicted octanol–water partition coefficient (Wildman–Crippen LogP) is 2.99. The van der Waals surface area contributed by atoms with Crippen LogP contribution < -0.4 is 0 Å². The normalized spacial score (nSPS) is 17.8. The summed E-state index contributed by atoms with van der Waals surface area (Å²) in [6, 6.07) is 0. The summed E-state index contributed by atoms with van der Waals surface area (Å²) < 4.78 is 5.27. The predicted molar refractivity (Wildman–Crippen MR) is 74.4 cm³/mol. The summed E-state index contributed by atoms with van der Waals surface area (Å²) in [6.45, 7) is 8.44. The Morgan fingerprint density at radius 3 is 2.50 bits per heavy atom. The first-order valence-electron chi connectivity index (χ1n) is 6.01. The Morgan fingerprint density at radius 2 is 1.94 bits per heavy atom. The van der Waals surface area contributed by atoms with E-state index in [1.165, 1.54) is 0 Å². The number of carbonyl (C=O) groups excluding carboxylic acids is 1. The maximum atomic E-state index is 11.9. The Balaban J connectivity index is 2.56. The Kier molecular flexibility index (Phi) is 6.05. The minimum Gasteiger partial charge on any atom is -0.410 e. The number of ether oxygens (including phenoxy) is 1. The van der Waals surface area contributed by atoms with E-state index in [1.54, 1.807) is 35.3 Å². The average Bonchev–Trinajstić information content (AvgIpc) is 2.37. The highest BCUT2D eigenvalue weighted by atomic mass is 16.6. The summed E-state index contributed by atoms with van der Waals surface area (Å²) in [4.78, 5) is 13.5. The number of hydrogen-bond acceptors (Lipinski definition) is 2. The third-order valence-electron chi connectivity index (χ3n) is 2.68. The Hall–Kier alpha value is -1.71. The molecule has 0 spiro atoms. The van der Waals surface area contributed by atoms with Crippen molar-refractivity contribution in [2.24, 2.45) is 0 Å². The fourth-order valence-electron chi connectivity index (χ4n) is 1.65. The molecule has 1 aliphatic heterocycles. The largest absolute Gasteiger partial charge is 0.415 e. The second-order valence-corrected chi connectivity index (χ2v) is 4.09. The van der Waals surface area contributed by atoms with Gasteiger partial charge in [-0.25, -0.2) is 4.79 Å². The van der Waals surface area contributed by atoms with Crippen molar-refractivity contribution in [1.29, 1.82) is 0 Å². The molecule has 0 aromatic rings. The van der Waals surface area contributed by atoms with Crippen molar-refractivity contribution >= 4 is 13.9 Å². The maximum Gasteiger partial charge on any atom is 0.415 e. The summed E-state index contributed by atoms with van der Waals surface area (Å²) in [5.74, 6) is 0.641. The van der Waals surface area contributed by atoms with Gasteiger partial charge in [0.1, 0.15) is 5.76 Å². The highest BCUT2D eigenvalue weighted by molar-refractivity contribution is 6.11. The van der Waals surface area contributed by atoms with Gasteiger partial charge in [0.25, 0.3) is 0 Å². The lowest BCUT2D eigenvalue weighted by molar-refractivity contribution is 0.123. The van der Waals surface area contributed by atoms with Gasteiger partial charge < -0.3 is 9.64 Å². The van der Waals surface area contributed by atoms with Gasteiger partial charge in [0.05, 0.1) is 7.85 Å². The lowest BCUT2D eigenvalue weighted by atomic mass is 9.80. The third-order valence-corrected chi connectivity index (χ3v) is 2.68. The van der Waals surface area contributed by atoms with E-state index < -0.39 is 0 Å². The fraction of sp³-hybridized carbons (Fsp3) is 0.357. The van der Waals surface area contributed by atoms with Gasteiger partial charge >= 0.3 is 6.09 Å². The smallest absolute Gasteiger partial charge is 0.410 e. The van der Waals surface area contributed by atoms with Crippen LogP contribution in [-0.2, 0) is 4.74 Å². The molecule has 1 saturated heterocycles. The van der Waals surface area contributed by atoms with E-state index >= 15 is 0 Å². The molecule has 3 nitrogen and oxygen atoms in total. The Morgan fingerprint density at radius 1 is 1.28 bits per heavy atom. The SMILES string of the molecule is [B]C1CCN(C(=O)OC(/C=C\C=C)=C/C=C)CC1. The highest BCUT2D eigenvalue weighted by Crippen LogP contribution is 2.20. The molecule has 1 amide bonds. The minimum atomic E-state index is -0.344. The molecular formula is C14H18BNO2. The number of piperidine rings is 1. The van der Waals surface area contributed by atoms with Crippen LogP contribution in [0.1, 0.15) is 12.8 Å². The summed E-state index contributed by atoms with van der Waals surface area (Å²) in [7, 11) is 5.79. The summed E-state index contributed by atoms with van der Waals surface area (Å²) in [6.07, 6.45) is 9.48. The van der Waals surface area contributed by atoms with Crippen LogP contribution >= 0.6 is 0 Å². The molecule has 18 heavy (non-hydrogen) atoms. The maximum absolute atomic E-state index is 11.9. The summed E-state index contributed by atoms with van der Waals surface area (Å²) in [5.41, 5.74) is 0. The fourth-order valence-corrected chi connectivity index (χ4v) is 1.65. The molecule has 0 bridgehead atoms. The molecule has 0 N–H and O–H groups in total. The number of amides is 1. The number of rotatable bonds is 4. The number of allylic oxidation sites excluding steroid dienone is 5. The molecule has 1 heterocycles. The Bertz CT molecular complexity index is 366. The van der Waals surface area contributed by atoms with Crippen molar-refractivity contribution in [3.63, 3.8) is 0 Å². The van der Waals surface area contributed by atoms with Gasteiger partial charge in [0.2, 0.25) is 0 Å². The molecule has 0 saturated carbocycles. The van der Waals surface area contributed by atoms with E-state index in [-0.39, 0.29) is 11.9 Å². The van der Waals surface area contributed by atoms with Crippen LogP contribution in [0.5, 0.6) is 0 Å². The third kappa shape index (κ3) is 4.66.